The van der Waals surface area contributed by atoms with Crippen molar-refractivity contribution in [2.24, 2.45) is 22.7 Å². The third kappa shape index (κ3) is 4.37. The number of amides is 1. The van der Waals surface area contributed by atoms with E-state index in [4.69, 9.17) is 15.7 Å². The number of carbonyl (C=O) groups is 1. The van der Waals surface area contributed by atoms with E-state index < -0.39 is 5.92 Å². The number of methoxy groups -OCH3 is 1. The Morgan fingerprint density at radius 3 is 2.38 bits per heavy atom. The van der Waals surface area contributed by atoms with E-state index >= 15 is 0 Å². The zero-order valence-corrected chi connectivity index (χ0v) is 12.9. The predicted molar refractivity (Wildman–Crippen MR) is 81.2 cm³/mol. The van der Waals surface area contributed by atoms with Gasteiger partial charge in [-0.15, -0.1) is 0 Å². The van der Waals surface area contributed by atoms with Crippen molar-refractivity contribution in [1.29, 1.82) is 0 Å². The van der Waals surface area contributed by atoms with Crippen LogP contribution < -0.4 is 10.5 Å². The highest BCUT2D eigenvalue weighted by Gasteiger charge is 2.29. The lowest BCUT2D eigenvalue weighted by Crippen LogP contribution is -2.42. The largest absolute Gasteiger partial charge is 0.497 e. The fourth-order valence-corrected chi connectivity index (χ4v) is 2.14. The van der Waals surface area contributed by atoms with Gasteiger partial charge in [0.25, 0.3) is 0 Å². The van der Waals surface area contributed by atoms with Gasteiger partial charge < -0.3 is 20.6 Å². The Hall–Kier alpha value is -2.24. The minimum atomic E-state index is -0.627. The molecule has 0 spiro atoms. The molecule has 1 amide bonds. The van der Waals surface area contributed by atoms with Gasteiger partial charge in [0.2, 0.25) is 5.91 Å². The SMILES string of the molecule is COc1ccc(CN(C)C(=O)C(C(N)=NO)C(C)C)cc1. The van der Waals surface area contributed by atoms with Crippen LogP contribution in [0.25, 0.3) is 0 Å². The van der Waals surface area contributed by atoms with E-state index in [0.717, 1.165) is 11.3 Å². The highest BCUT2D eigenvalue weighted by Crippen LogP contribution is 2.17. The minimum absolute atomic E-state index is 0.0493. The van der Waals surface area contributed by atoms with Crippen LogP contribution in [0.2, 0.25) is 0 Å². The maximum absolute atomic E-state index is 12.4. The molecule has 1 aromatic carbocycles. The van der Waals surface area contributed by atoms with Crippen molar-refractivity contribution in [2.75, 3.05) is 14.2 Å². The second kappa shape index (κ2) is 7.52. The molecule has 1 rings (SSSR count). The molecule has 0 fully saturated rings. The molecule has 0 radical (unpaired) electrons. The summed E-state index contributed by atoms with van der Waals surface area (Å²) in [4.78, 5) is 14.0. The van der Waals surface area contributed by atoms with Crippen LogP contribution in [-0.4, -0.2) is 36.0 Å². The Morgan fingerprint density at radius 1 is 1.38 bits per heavy atom. The van der Waals surface area contributed by atoms with Crippen LogP contribution in [0.15, 0.2) is 29.4 Å². The molecule has 0 aliphatic carbocycles. The van der Waals surface area contributed by atoms with E-state index in [9.17, 15) is 4.79 Å². The van der Waals surface area contributed by atoms with Gasteiger partial charge in [-0.25, -0.2) is 0 Å². The van der Waals surface area contributed by atoms with E-state index in [1.807, 2.05) is 38.1 Å². The lowest BCUT2D eigenvalue weighted by molar-refractivity contribution is -0.133. The molecule has 0 bridgehead atoms. The molecular formula is C15H23N3O3. The molecule has 0 aliphatic heterocycles. The molecule has 0 saturated carbocycles. The lowest BCUT2D eigenvalue weighted by atomic mass is 9.93. The van der Waals surface area contributed by atoms with Gasteiger partial charge >= 0.3 is 0 Å². The highest BCUT2D eigenvalue weighted by atomic mass is 16.5. The number of carbonyl (C=O) groups excluding carboxylic acids is 1. The molecule has 0 saturated heterocycles. The number of rotatable bonds is 6. The van der Waals surface area contributed by atoms with Crippen LogP contribution in [-0.2, 0) is 11.3 Å². The Labute approximate surface area is 125 Å². The summed E-state index contributed by atoms with van der Waals surface area (Å²) >= 11 is 0. The number of oxime groups is 1. The van der Waals surface area contributed by atoms with Gasteiger partial charge in [0.15, 0.2) is 5.84 Å². The maximum atomic E-state index is 12.4. The molecule has 3 N–H and O–H groups in total. The zero-order valence-electron chi connectivity index (χ0n) is 12.9. The monoisotopic (exact) mass is 293 g/mol. The number of nitrogens with zero attached hydrogens (tertiary/aromatic N) is 2. The molecule has 0 heterocycles. The third-order valence-corrected chi connectivity index (χ3v) is 3.32. The maximum Gasteiger partial charge on any atom is 0.233 e. The first-order valence-corrected chi connectivity index (χ1v) is 6.76. The average molecular weight is 293 g/mol. The fourth-order valence-electron chi connectivity index (χ4n) is 2.14. The number of ether oxygens (including phenoxy) is 1. The molecule has 1 unspecified atom stereocenters. The van der Waals surface area contributed by atoms with E-state index in [2.05, 4.69) is 5.16 Å². The molecule has 6 heteroatoms. The van der Waals surface area contributed by atoms with Crippen molar-refractivity contribution in [3.05, 3.63) is 29.8 Å². The second-order valence-corrected chi connectivity index (χ2v) is 5.29. The fraction of sp³-hybridized carbons (Fsp3) is 0.467. The van der Waals surface area contributed by atoms with E-state index in [1.165, 1.54) is 0 Å². The summed E-state index contributed by atoms with van der Waals surface area (Å²) in [6.45, 7) is 4.18. The Balaban J connectivity index is 2.80. The summed E-state index contributed by atoms with van der Waals surface area (Å²) in [5.74, 6) is -0.137. The molecule has 0 aliphatic rings. The van der Waals surface area contributed by atoms with Crippen molar-refractivity contribution in [2.45, 2.75) is 20.4 Å². The molecule has 1 atom stereocenters. The summed E-state index contributed by atoms with van der Waals surface area (Å²) in [6.07, 6.45) is 0. The summed E-state index contributed by atoms with van der Waals surface area (Å²) in [7, 11) is 3.31. The molecule has 116 valence electrons. The lowest BCUT2D eigenvalue weighted by Gasteiger charge is -2.25. The van der Waals surface area contributed by atoms with Crippen molar-refractivity contribution < 1.29 is 14.7 Å². The smallest absolute Gasteiger partial charge is 0.233 e. The zero-order chi connectivity index (χ0) is 16.0. The first kappa shape index (κ1) is 16.8. The Kier molecular flexibility index (Phi) is 6.02. The standard InChI is InChI=1S/C15H23N3O3/c1-10(2)13(14(16)17-20)15(19)18(3)9-11-5-7-12(21-4)8-6-11/h5-8,10,13,20H,9H2,1-4H3,(H2,16,17). The van der Waals surface area contributed by atoms with Gasteiger partial charge in [0.05, 0.1) is 7.11 Å². The van der Waals surface area contributed by atoms with Crippen LogP contribution in [0.4, 0.5) is 0 Å². The Bertz CT molecular complexity index is 497. The van der Waals surface area contributed by atoms with Crippen LogP contribution in [0.5, 0.6) is 5.75 Å². The predicted octanol–water partition coefficient (Wildman–Crippen LogP) is 1.67. The van der Waals surface area contributed by atoms with Gasteiger partial charge in [-0.3, -0.25) is 4.79 Å². The van der Waals surface area contributed by atoms with E-state index in [-0.39, 0.29) is 17.7 Å². The van der Waals surface area contributed by atoms with Crippen molar-refractivity contribution in [1.82, 2.24) is 4.90 Å². The number of amidine groups is 1. The minimum Gasteiger partial charge on any atom is -0.497 e. The number of hydrogen-bond donors (Lipinski definition) is 2. The van der Waals surface area contributed by atoms with Gasteiger partial charge in [-0.05, 0) is 23.6 Å². The van der Waals surface area contributed by atoms with Crippen LogP contribution in [0.1, 0.15) is 19.4 Å². The number of benzene rings is 1. The summed E-state index contributed by atoms with van der Waals surface area (Å²) in [6, 6.07) is 7.49. The Morgan fingerprint density at radius 2 is 1.95 bits per heavy atom. The van der Waals surface area contributed by atoms with Crippen LogP contribution in [0, 0.1) is 11.8 Å². The van der Waals surface area contributed by atoms with Gasteiger partial charge in [-0.1, -0.05) is 31.1 Å². The van der Waals surface area contributed by atoms with E-state index in [1.54, 1.807) is 19.1 Å². The van der Waals surface area contributed by atoms with Crippen LogP contribution in [0.3, 0.4) is 0 Å². The third-order valence-electron chi connectivity index (χ3n) is 3.32. The number of hydrogen-bond acceptors (Lipinski definition) is 4. The quantitative estimate of drug-likeness (QED) is 0.361. The molecule has 0 aromatic heterocycles. The van der Waals surface area contributed by atoms with Crippen molar-refractivity contribution in [3.8, 4) is 5.75 Å². The van der Waals surface area contributed by atoms with Crippen molar-refractivity contribution in [3.63, 3.8) is 0 Å². The molecule has 6 nitrogen and oxygen atoms in total. The summed E-state index contributed by atoms with van der Waals surface area (Å²) in [5.41, 5.74) is 6.60. The van der Waals surface area contributed by atoms with Crippen molar-refractivity contribution >= 4 is 11.7 Å². The summed E-state index contributed by atoms with van der Waals surface area (Å²) < 4.78 is 5.10. The van der Waals surface area contributed by atoms with Crippen LogP contribution >= 0.6 is 0 Å². The second-order valence-electron chi connectivity index (χ2n) is 5.29. The molecule has 21 heavy (non-hydrogen) atoms. The average Bonchev–Trinajstić information content (AvgIpc) is 2.47. The van der Waals surface area contributed by atoms with Gasteiger partial charge in [0, 0.05) is 13.6 Å². The normalized spacial score (nSPS) is 13.1. The molecule has 1 aromatic rings. The van der Waals surface area contributed by atoms with E-state index in [0.29, 0.717) is 6.54 Å². The molecular weight excluding hydrogens is 270 g/mol. The first-order valence-electron chi connectivity index (χ1n) is 6.76. The van der Waals surface area contributed by atoms with Gasteiger partial charge in [0.1, 0.15) is 11.7 Å². The van der Waals surface area contributed by atoms with Gasteiger partial charge in [-0.2, -0.15) is 0 Å². The first-order chi connectivity index (χ1) is 9.90. The summed E-state index contributed by atoms with van der Waals surface area (Å²) in [5, 5.41) is 11.8. The topological polar surface area (TPSA) is 88.2 Å². The highest BCUT2D eigenvalue weighted by molar-refractivity contribution is 6.02. The number of nitrogens with two attached hydrogens (primary N) is 1.